The standard InChI is InChI=1S/C26H42O5Si/c1-15-10-11-16-21(27)26-17(22(28)29)12-13-19(31-32(8,9)23(2,3)4)25(26,7)14-18(30-26)20(15)24(16,5)6/h10,16-20H,11-14H2,1-9H3,(H,28,29)/t16-,17+,18+,19-,20+,25+,26+/m0/s1. The second-order valence-electron chi connectivity index (χ2n) is 13.2. The molecule has 0 radical (unpaired) electrons. The van der Waals surface area contributed by atoms with Gasteiger partial charge in [0.2, 0.25) is 0 Å². The summed E-state index contributed by atoms with van der Waals surface area (Å²) >= 11 is 0. The van der Waals surface area contributed by atoms with Gasteiger partial charge in [-0.15, -0.1) is 0 Å². The number of rotatable bonds is 3. The van der Waals surface area contributed by atoms with Gasteiger partial charge in [-0.1, -0.05) is 53.2 Å². The molecule has 1 N–H and O–H groups in total. The molecule has 0 unspecified atom stereocenters. The largest absolute Gasteiger partial charge is 0.481 e. The van der Waals surface area contributed by atoms with Gasteiger partial charge in [0.1, 0.15) is 5.60 Å². The minimum Gasteiger partial charge on any atom is -0.481 e. The van der Waals surface area contributed by atoms with Crippen molar-refractivity contribution in [3.8, 4) is 0 Å². The topological polar surface area (TPSA) is 72.8 Å². The Hall–Kier alpha value is -0.983. The third kappa shape index (κ3) is 2.94. The molecule has 4 aliphatic rings. The highest BCUT2D eigenvalue weighted by molar-refractivity contribution is 6.74. The minimum atomic E-state index is -2.13. The summed E-state index contributed by atoms with van der Waals surface area (Å²) in [5.41, 5.74) is -0.931. The second-order valence-corrected chi connectivity index (χ2v) is 18.0. The number of carboxylic acids is 1. The first-order valence-electron chi connectivity index (χ1n) is 12.3. The molecule has 3 fully saturated rings. The van der Waals surface area contributed by atoms with Crippen LogP contribution in [0.15, 0.2) is 11.6 Å². The van der Waals surface area contributed by atoms with Crippen LogP contribution in [-0.4, -0.2) is 43.0 Å². The Balaban J connectivity index is 1.88. The number of Topliss-reactive ketones (excluding diaryl/α,β-unsaturated/α-hetero) is 1. The third-order valence-corrected chi connectivity index (χ3v) is 14.7. The van der Waals surface area contributed by atoms with Gasteiger partial charge >= 0.3 is 5.97 Å². The molecule has 1 saturated carbocycles. The molecule has 0 aromatic carbocycles. The lowest BCUT2D eigenvalue weighted by atomic mass is 9.48. The molecular weight excluding hydrogens is 420 g/mol. The fourth-order valence-electron chi connectivity index (χ4n) is 7.41. The number of hydrogen-bond acceptors (Lipinski definition) is 4. The molecule has 5 nitrogen and oxygen atoms in total. The van der Waals surface area contributed by atoms with E-state index < -0.39 is 31.2 Å². The van der Waals surface area contributed by atoms with Crippen LogP contribution < -0.4 is 0 Å². The summed E-state index contributed by atoms with van der Waals surface area (Å²) in [6, 6.07) is 0. The zero-order chi connectivity index (χ0) is 24.1. The van der Waals surface area contributed by atoms with Crippen molar-refractivity contribution in [2.45, 2.75) is 110 Å². The van der Waals surface area contributed by atoms with Crippen LogP contribution in [0.1, 0.15) is 74.1 Å². The molecule has 2 heterocycles. The van der Waals surface area contributed by atoms with Crippen molar-refractivity contribution < 1.29 is 23.9 Å². The summed E-state index contributed by atoms with van der Waals surface area (Å²) in [5.74, 6) is -1.83. The lowest BCUT2D eigenvalue weighted by Crippen LogP contribution is -2.68. The summed E-state index contributed by atoms with van der Waals surface area (Å²) in [6.45, 7) is 19.8. The van der Waals surface area contributed by atoms with Crippen LogP contribution in [0, 0.1) is 28.6 Å². The van der Waals surface area contributed by atoms with Gasteiger partial charge in [-0.25, -0.2) is 0 Å². The molecule has 7 atom stereocenters. The fraction of sp³-hybridized carbons (Fsp3) is 0.846. The van der Waals surface area contributed by atoms with Crippen molar-refractivity contribution >= 4 is 20.1 Å². The van der Waals surface area contributed by atoms with E-state index in [1.54, 1.807) is 0 Å². The van der Waals surface area contributed by atoms with E-state index in [-0.39, 0.29) is 40.3 Å². The molecule has 4 bridgehead atoms. The molecule has 2 saturated heterocycles. The monoisotopic (exact) mass is 462 g/mol. The zero-order valence-corrected chi connectivity index (χ0v) is 22.4. The molecule has 0 amide bonds. The molecule has 4 rings (SSSR count). The van der Waals surface area contributed by atoms with Crippen molar-refractivity contribution in [2.75, 3.05) is 0 Å². The van der Waals surface area contributed by atoms with Gasteiger partial charge < -0.3 is 14.3 Å². The highest BCUT2D eigenvalue weighted by Gasteiger charge is 2.76. The minimum absolute atomic E-state index is 0.00896. The van der Waals surface area contributed by atoms with Crippen molar-refractivity contribution in [2.24, 2.45) is 28.6 Å². The average molecular weight is 463 g/mol. The van der Waals surface area contributed by atoms with Crippen LogP contribution in [-0.2, 0) is 18.8 Å². The van der Waals surface area contributed by atoms with Crippen molar-refractivity contribution in [3.63, 3.8) is 0 Å². The fourth-order valence-corrected chi connectivity index (χ4v) is 8.85. The highest BCUT2D eigenvalue weighted by atomic mass is 28.4. The van der Waals surface area contributed by atoms with Crippen LogP contribution in [0.5, 0.6) is 0 Å². The number of carboxylic acid groups (broad SMARTS) is 1. The van der Waals surface area contributed by atoms with E-state index in [2.05, 4.69) is 67.6 Å². The summed E-state index contributed by atoms with van der Waals surface area (Å²) in [6.07, 6.45) is 4.30. The van der Waals surface area contributed by atoms with Gasteiger partial charge in [-0.2, -0.15) is 0 Å². The number of hydrogen-bond donors (Lipinski definition) is 1. The van der Waals surface area contributed by atoms with Crippen LogP contribution in [0.2, 0.25) is 18.1 Å². The van der Waals surface area contributed by atoms with Gasteiger partial charge in [0.05, 0.1) is 18.1 Å². The Morgan fingerprint density at radius 1 is 1.22 bits per heavy atom. The number of ketones is 1. The van der Waals surface area contributed by atoms with Gasteiger partial charge in [0.25, 0.3) is 0 Å². The quantitative estimate of drug-likeness (QED) is 0.437. The smallest absolute Gasteiger partial charge is 0.309 e. The molecular formula is C26H42O5Si. The van der Waals surface area contributed by atoms with Gasteiger partial charge in [0, 0.05) is 17.3 Å². The summed E-state index contributed by atoms with van der Waals surface area (Å²) in [5, 5.41) is 10.3. The molecule has 32 heavy (non-hydrogen) atoms. The highest BCUT2D eigenvalue weighted by Crippen LogP contribution is 2.67. The molecule has 0 aromatic rings. The van der Waals surface area contributed by atoms with E-state index in [1.807, 2.05) is 0 Å². The Morgan fingerprint density at radius 2 is 1.84 bits per heavy atom. The van der Waals surface area contributed by atoms with E-state index in [9.17, 15) is 14.7 Å². The Labute approximate surface area is 194 Å². The predicted molar refractivity (Wildman–Crippen MR) is 127 cm³/mol. The molecule has 2 aliphatic carbocycles. The predicted octanol–water partition coefficient (Wildman–Crippen LogP) is 5.60. The lowest BCUT2D eigenvalue weighted by molar-refractivity contribution is -0.198. The van der Waals surface area contributed by atoms with E-state index in [0.29, 0.717) is 25.7 Å². The second kappa shape index (κ2) is 7.02. The van der Waals surface area contributed by atoms with Crippen LogP contribution >= 0.6 is 0 Å². The maximum Gasteiger partial charge on any atom is 0.309 e. The van der Waals surface area contributed by atoms with Gasteiger partial charge in [0.15, 0.2) is 14.1 Å². The van der Waals surface area contributed by atoms with Crippen molar-refractivity contribution in [1.82, 2.24) is 0 Å². The summed E-state index contributed by atoms with van der Waals surface area (Å²) < 4.78 is 13.8. The Morgan fingerprint density at radius 3 is 2.41 bits per heavy atom. The average Bonchev–Trinajstić information content (AvgIpc) is 2.92. The maximum absolute atomic E-state index is 14.5. The van der Waals surface area contributed by atoms with E-state index >= 15 is 0 Å². The number of ether oxygens (including phenoxy) is 1. The van der Waals surface area contributed by atoms with Crippen LogP contribution in [0.4, 0.5) is 0 Å². The number of fused-ring (bicyclic) bond motifs is 4. The van der Waals surface area contributed by atoms with Crippen molar-refractivity contribution in [3.05, 3.63) is 11.6 Å². The first kappa shape index (κ1) is 24.2. The summed E-state index contributed by atoms with van der Waals surface area (Å²) in [7, 11) is -2.13. The summed E-state index contributed by atoms with van der Waals surface area (Å²) in [4.78, 5) is 27.0. The Bertz CT molecular complexity index is 868. The SMILES string of the molecule is CC1=CC[C@H]2C(=O)[C@@]34O[C@H](C[C@]3(C)[C@@H](O[Si](C)(C)C(C)(C)C)CC[C@@H]4C(=O)O)[C@@H]1C2(C)C. The molecule has 1 spiro atoms. The molecule has 0 aromatic heterocycles. The van der Waals surface area contributed by atoms with E-state index in [4.69, 9.17) is 9.16 Å². The number of carbonyl (C=O) groups is 2. The molecule has 6 heteroatoms. The first-order valence-corrected chi connectivity index (χ1v) is 15.2. The number of carbonyl (C=O) groups excluding carboxylic acids is 1. The van der Waals surface area contributed by atoms with Crippen molar-refractivity contribution in [1.29, 1.82) is 0 Å². The third-order valence-electron chi connectivity index (χ3n) is 10.2. The van der Waals surface area contributed by atoms with Crippen LogP contribution in [0.3, 0.4) is 0 Å². The zero-order valence-electron chi connectivity index (χ0n) is 21.4. The van der Waals surface area contributed by atoms with E-state index in [1.165, 1.54) is 5.57 Å². The number of allylic oxidation sites excluding steroid dienone is 1. The molecule has 180 valence electrons. The van der Waals surface area contributed by atoms with E-state index in [0.717, 1.165) is 0 Å². The normalized spacial score (nSPS) is 43.3. The van der Waals surface area contributed by atoms with Gasteiger partial charge in [-0.3, -0.25) is 9.59 Å². The van der Waals surface area contributed by atoms with Gasteiger partial charge in [-0.05, 0) is 56.2 Å². The van der Waals surface area contributed by atoms with Crippen LogP contribution in [0.25, 0.3) is 0 Å². The Kier molecular flexibility index (Phi) is 5.30. The number of aliphatic carboxylic acids is 1. The maximum atomic E-state index is 14.5. The molecule has 2 aliphatic heterocycles. The lowest BCUT2D eigenvalue weighted by Gasteiger charge is -2.56. The first-order chi connectivity index (χ1) is 14.5.